The Bertz CT molecular complexity index is 127. The fourth-order valence-electron chi connectivity index (χ4n) is 0.827. The maximum Gasteiger partial charge on any atom is 0.185 e. The largest absolute Gasteiger partial charge is 0.300 e. The Kier molecular flexibility index (Phi) is 6.22. The van der Waals surface area contributed by atoms with Crippen LogP contribution < -0.4 is 0 Å². The first-order valence-electron chi connectivity index (χ1n) is 3.84. The minimum atomic E-state index is -0.0622. The molecule has 0 amide bonds. The van der Waals surface area contributed by atoms with Gasteiger partial charge in [0.2, 0.25) is 0 Å². The average molecular weight is 174 g/mol. The number of unbranched alkanes of at least 4 members (excludes halogenated alkanes) is 2. The van der Waals surface area contributed by atoms with E-state index in [1.165, 1.54) is 0 Å². The van der Waals surface area contributed by atoms with Gasteiger partial charge in [-0.05, 0) is 19.8 Å². The van der Waals surface area contributed by atoms with Crippen molar-refractivity contribution in [2.45, 2.75) is 39.0 Å². The topological polar surface area (TPSA) is 34.1 Å². The van der Waals surface area contributed by atoms with Crippen LogP contribution >= 0.6 is 12.6 Å². The molecule has 2 nitrogen and oxygen atoms in total. The highest BCUT2D eigenvalue weighted by atomic mass is 32.1. The number of rotatable bonds is 6. The Labute approximate surface area is 72.8 Å². The molecule has 0 aromatic rings. The van der Waals surface area contributed by atoms with Crippen molar-refractivity contribution >= 4 is 23.5 Å². The molecule has 0 spiro atoms. The van der Waals surface area contributed by atoms with Gasteiger partial charge in [0.1, 0.15) is 5.78 Å². The van der Waals surface area contributed by atoms with Gasteiger partial charge < -0.3 is 4.79 Å². The lowest BCUT2D eigenvalue weighted by molar-refractivity contribution is -0.117. The summed E-state index contributed by atoms with van der Waals surface area (Å²) in [6, 6.07) is 0. The molecule has 0 unspecified atom stereocenters. The summed E-state index contributed by atoms with van der Waals surface area (Å²) in [6.07, 6.45) is 3.87. The van der Waals surface area contributed by atoms with E-state index in [9.17, 15) is 9.59 Å². The van der Waals surface area contributed by atoms with E-state index in [0.717, 1.165) is 19.3 Å². The van der Waals surface area contributed by atoms with E-state index in [4.69, 9.17) is 0 Å². The fraction of sp³-hybridized carbons (Fsp3) is 0.750. The highest BCUT2D eigenvalue weighted by molar-refractivity contribution is 7.96. The van der Waals surface area contributed by atoms with Crippen molar-refractivity contribution in [2.24, 2.45) is 0 Å². The van der Waals surface area contributed by atoms with Crippen LogP contribution in [-0.4, -0.2) is 10.9 Å². The highest BCUT2D eigenvalue weighted by Crippen LogP contribution is 2.04. The summed E-state index contributed by atoms with van der Waals surface area (Å²) in [4.78, 5) is 20.8. The van der Waals surface area contributed by atoms with Gasteiger partial charge in [-0.25, -0.2) is 0 Å². The molecule has 0 aliphatic heterocycles. The molecule has 0 aliphatic rings. The monoisotopic (exact) mass is 174 g/mol. The number of thiol groups is 1. The van der Waals surface area contributed by atoms with E-state index in [1.54, 1.807) is 6.92 Å². The van der Waals surface area contributed by atoms with Crippen LogP contribution in [0.25, 0.3) is 0 Å². The molecule has 0 saturated carbocycles. The Morgan fingerprint density at radius 2 is 1.64 bits per heavy atom. The van der Waals surface area contributed by atoms with Gasteiger partial charge in [0.15, 0.2) is 5.12 Å². The van der Waals surface area contributed by atoms with Crippen LogP contribution in [-0.2, 0) is 9.59 Å². The van der Waals surface area contributed by atoms with E-state index < -0.39 is 0 Å². The van der Waals surface area contributed by atoms with Crippen molar-refractivity contribution in [2.75, 3.05) is 0 Å². The van der Waals surface area contributed by atoms with Crippen molar-refractivity contribution in [3.63, 3.8) is 0 Å². The van der Waals surface area contributed by atoms with Gasteiger partial charge in [0.05, 0.1) is 0 Å². The van der Waals surface area contributed by atoms with Crippen LogP contribution in [0.3, 0.4) is 0 Å². The summed E-state index contributed by atoms with van der Waals surface area (Å²) in [5.41, 5.74) is 0. The van der Waals surface area contributed by atoms with Crippen LogP contribution in [0.4, 0.5) is 0 Å². The molecule has 0 rings (SSSR count). The van der Waals surface area contributed by atoms with Gasteiger partial charge in [0, 0.05) is 12.8 Å². The van der Waals surface area contributed by atoms with E-state index in [-0.39, 0.29) is 10.9 Å². The number of hydrogen-bond donors (Lipinski definition) is 1. The molecule has 0 aliphatic carbocycles. The zero-order valence-corrected chi connectivity index (χ0v) is 7.69. The third-order valence-corrected chi connectivity index (χ3v) is 1.64. The second-order valence-electron chi connectivity index (χ2n) is 2.66. The van der Waals surface area contributed by atoms with Crippen molar-refractivity contribution in [1.82, 2.24) is 0 Å². The molecule has 0 atom stereocenters. The summed E-state index contributed by atoms with van der Waals surface area (Å²) in [6.45, 7) is 1.59. The smallest absolute Gasteiger partial charge is 0.185 e. The number of carbonyl (C=O) groups is 2. The van der Waals surface area contributed by atoms with Gasteiger partial charge in [-0.3, -0.25) is 4.79 Å². The third kappa shape index (κ3) is 9.69. The maximum absolute atomic E-state index is 10.5. The predicted octanol–water partition coefficient (Wildman–Crippen LogP) is 1.98. The first kappa shape index (κ1) is 10.7. The lowest BCUT2D eigenvalue weighted by atomic mass is 10.1. The number of ketones is 1. The molecule has 3 heteroatoms. The molecule has 64 valence electrons. The van der Waals surface area contributed by atoms with E-state index >= 15 is 0 Å². The van der Waals surface area contributed by atoms with Crippen LogP contribution in [0.1, 0.15) is 39.0 Å². The van der Waals surface area contributed by atoms with E-state index in [0.29, 0.717) is 12.8 Å². The van der Waals surface area contributed by atoms with Gasteiger partial charge in [-0.1, -0.05) is 6.42 Å². The van der Waals surface area contributed by atoms with Crippen LogP contribution in [0.15, 0.2) is 0 Å². The fourth-order valence-corrected chi connectivity index (χ4v) is 0.985. The van der Waals surface area contributed by atoms with Gasteiger partial charge >= 0.3 is 0 Å². The number of Topliss-reactive ketones (excluding diaryl/α,β-unsaturated/α-hetero) is 1. The van der Waals surface area contributed by atoms with Crippen molar-refractivity contribution in [1.29, 1.82) is 0 Å². The van der Waals surface area contributed by atoms with Crippen molar-refractivity contribution in [3.8, 4) is 0 Å². The van der Waals surface area contributed by atoms with Gasteiger partial charge in [0.25, 0.3) is 0 Å². The maximum atomic E-state index is 10.5. The van der Waals surface area contributed by atoms with Crippen molar-refractivity contribution in [3.05, 3.63) is 0 Å². The highest BCUT2D eigenvalue weighted by Gasteiger charge is 1.96. The molecule has 0 saturated heterocycles. The summed E-state index contributed by atoms with van der Waals surface area (Å²) < 4.78 is 0. The molecule has 0 fully saturated rings. The zero-order chi connectivity index (χ0) is 8.69. The molecule has 0 aromatic heterocycles. The van der Waals surface area contributed by atoms with Crippen molar-refractivity contribution < 1.29 is 9.59 Å². The molecule has 11 heavy (non-hydrogen) atoms. The van der Waals surface area contributed by atoms with Crippen LogP contribution in [0.2, 0.25) is 0 Å². The first-order chi connectivity index (χ1) is 5.13. The summed E-state index contributed by atoms with van der Waals surface area (Å²) in [7, 11) is 0. The lowest BCUT2D eigenvalue weighted by Gasteiger charge is -1.95. The van der Waals surface area contributed by atoms with E-state index in [1.807, 2.05) is 0 Å². The Hall–Kier alpha value is -0.310. The molecule has 0 bridgehead atoms. The Morgan fingerprint density at radius 1 is 1.09 bits per heavy atom. The third-order valence-electron chi connectivity index (χ3n) is 1.42. The second kappa shape index (κ2) is 6.40. The molecular formula is C8H14O2S. The molecule has 0 aromatic carbocycles. The number of hydrogen-bond acceptors (Lipinski definition) is 2. The normalized spacial score (nSPS) is 9.64. The minimum Gasteiger partial charge on any atom is -0.300 e. The number of carbonyl (C=O) groups excluding carboxylic acids is 2. The van der Waals surface area contributed by atoms with Gasteiger partial charge in [-0.2, -0.15) is 0 Å². The Balaban J connectivity index is 3.03. The minimum absolute atomic E-state index is 0.0622. The molecule has 0 N–H and O–H groups in total. The molecule has 0 radical (unpaired) electrons. The Morgan fingerprint density at radius 3 is 2.09 bits per heavy atom. The molecule has 0 heterocycles. The lowest BCUT2D eigenvalue weighted by Crippen LogP contribution is -1.90. The summed E-state index contributed by atoms with van der Waals surface area (Å²) in [5, 5.41) is -0.0622. The van der Waals surface area contributed by atoms with Crippen LogP contribution in [0, 0.1) is 0 Å². The van der Waals surface area contributed by atoms with Crippen LogP contribution in [0.5, 0.6) is 0 Å². The average Bonchev–Trinajstić information content (AvgIpc) is 1.85. The second-order valence-corrected chi connectivity index (χ2v) is 3.16. The quantitative estimate of drug-likeness (QED) is 0.493. The SMILES string of the molecule is CC(=O)CCCCCC(=O)S. The van der Waals surface area contributed by atoms with Gasteiger partial charge in [-0.15, -0.1) is 12.6 Å². The summed E-state index contributed by atoms with van der Waals surface area (Å²) >= 11 is 3.63. The first-order valence-corrected chi connectivity index (χ1v) is 4.29. The molecular weight excluding hydrogens is 160 g/mol. The summed E-state index contributed by atoms with van der Waals surface area (Å²) in [5.74, 6) is 0.224. The van der Waals surface area contributed by atoms with E-state index in [2.05, 4.69) is 12.6 Å². The standard InChI is InChI=1S/C8H14O2S/c1-7(9)5-3-2-4-6-8(10)11/h2-6H2,1H3,(H,10,11). The zero-order valence-electron chi connectivity index (χ0n) is 6.80. The predicted molar refractivity (Wildman–Crippen MR) is 47.8 cm³/mol.